The molecule has 0 saturated heterocycles. The SMILES string of the molecule is N/C(=N\O)C1CCCCCCCC1O. The molecule has 82 valence electrons. The first-order valence-corrected chi connectivity index (χ1v) is 5.41. The summed E-state index contributed by atoms with van der Waals surface area (Å²) in [6.07, 6.45) is 6.84. The van der Waals surface area contributed by atoms with Gasteiger partial charge in [0.25, 0.3) is 0 Å². The van der Waals surface area contributed by atoms with E-state index in [0.717, 1.165) is 25.7 Å². The van der Waals surface area contributed by atoms with E-state index in [2.05, 4.69) is 5.16 Å². The molecule has 0 aliphatic heterocycles. The lowest BCUT2D eigenvalue weighted by molar-refractivity contribution is 0.120. The second-order valence-corrected chi connectivity index (χ2v) is 4.04. The predicted molar refractivity (Wildman–Crippen MR) is 55.2 cm³/mol. The molecule has 4 N–H and O–H groups in total. The van der Waals surface area contributed by atoms with Crippen molar-refractivity contribution in [1.29, 1.82) is 0 Å². The Morgan fingerprint density at radius 3 is 2.29 bits per heavy atom. The van der Waals surface area contributed by atoms with Crippen molar-refractivity contribution in [1.82, 2.24) is 0 Å². The van der Waals surface area contributed by atoms with Crippen LogP contribution in [0.1, 0.15) is 44.9 Å². The number of oxime groups is 1. The van der Waals surface area contributed by atoms with Crippen molar-refractivity contribution in [3.05, 3.63) is 0 Å². The van der Waals surface area contributed by atoms with Crippen LogP contribution in [0.2, 0.25) is 0 Å². The Morgan fingerprint density at radius 1 is 1.07 bits per heavy atom. The molecule has 4 nitrogen and oxygen atoms in total. The molecule has 1 aliphatic rings. The number of rotatable bonds is 1. The van der Waals surface area contributed by atoms with Gasteiger partial charge in [-0.1, -0.05) is 37.3 Å². The number of amidine groups is 1. The molecule has 0 aromatic rings. The van der Waals surface area contributed by atoms with Crippen molar-refractivity contribution in [3.63, 3.8) is 0 Å². The van der Waals surface area contributed by atoms with Gasteiger partial charge in [-0.15, -0.1) is 0 Å². The zero-order valence-corrected chi connectivity index (χ0v) is 8.52. The van der Waals surface area contributed by atoms with Crippen LogP contribution in [0.4, 0.5) is 0 Å². The topological polar surface area (TPSA) is 78.8 Å². The van der Waals surface area contributed by atoms with Gasteiger partial charge in [-0.25, -0.2) is 0 Å². The van der Waals surface area contributed by atoms with Gasteiger partial charge < -0.3 is 16.0 Å². The summed E-state index contributed by atoms with van der Waals surface area (Å²) in [6.45, 7) is 0. The van der Waals surface area contributed by atoms with E-state index in [1.54, 1.807) is 0 Å². The Bertz CT molecular complexity index is 195. The van der Waals surface area contributed by atoms with Crippen LogP contribution in [0.25, 0.3) is 0 Å². The molecule has 0 heterocycles. The second-order valence-electron chi connectivity index (χ2n) is 4.04. The fraction of sp³-hybridized carbons (Fsp3) is 0.900. The minimum atomic E-state index is -0.441. The summed E-state index contributed by atoms with van der Waals surface area (Å²) in [5.41, 5.74) is 5.55. The number of hydrogen-bond acceptors (Lipinski definition) is 3. The smallest absolute Gasteiger partial charge is 0.144 e. The Labute approximate surface area is 84.8 Å². The van der Waals surface area contributed by atoms with E-state index in [9.17, 15) is 5.11 Å². The molecular weight excluding hydrogens is 180 g/mol. The Hall–Kier alpha value is -0.770. The maximum absolute atomic E-state index is 9.83. The van der Waals surface area contributed by atoms with Crippen molar-refractivity contribution in [3.8, 4) is 0 Å². The van der Waals surface area contributed by atoms with Gasteiger partial charge in [-0.05, 0) is 12.8 Å². The van der Waals surface area contributed by atoms with E-state index in [0.29, 0.717) is 0 Å². The Balaban J connectivity index is 2.57. The molecule has 0 radical (unpaired) electrons. The first kappa shape index (κ1) is 11.3. The summed E-state index contributed by atoms with van der Waals surface area (Å²) in [5.74, 6) is 0.0255. The molecule has 14 heavy (non-hydrogen) atoms. The van der Waals surface area contributed by atoms with Gasteiger partial charge in [-0.2, -0.15) is 0 Å². The number of nitrogens with zero attached hydrogens (tertiary/aromatic N) is 1. The van der Waals surface area contributed by atoms with Gasteiger partial charge in [-0.3, -0.25) is 0 Å². The molecule has 1 aliphatic carbocycles. The zero-order valence-electron chi connectivity index (χ0n) is 8.52. The highest BCUT2D eigenvalue weighted by Gasteiger charge is 2.23. The normalized spacial score (nSPS) is 31.6. The average Bonchev–Trinajstić information content (AvgIpc) is 2.29. The zero-order chi connectivity index (χ0) is 10.4. The van der Waals surface area contributed by atoms with Crippen molar-refractivity contribution in [2.75, 3.05) is 0 Å². The van der Waals surface area contributed by atoms with E-state index in [1.165, 1.54) is 19.3 Å². The van der Waals surface area contributed by atoms with Gasteiger partial charge in [0.2, 0.25) is 0 Å². The fourth-order valence-corrected chi connectivity index (χ4v) is 2.06. The van der Waals surface area contributed by atoms with Gasteiger partial charge in [0.05, 0.1) is 6.10 Å². The molecule has 0 bridgehead atoms. The third-order valence-electron chi connectivity index (χ3n) is 2.97. The number of aliphatic hydroxyl groups excluding tert-OH is 1. The predicted octanol–water partition coefficient (Wildman–Crippen LogP) is 1.45. The van der Waals surface area contributed by atoms with Gasteiger partial charge in [0.1, 0.15) is 5.84 Å². The van der Waals surface area contributed by atoms with Crippen molar-refractivity contribution in [2.45, 2.75) is 51.0 Å². The summed E-state index contributed by atoms with van der Waals surface area (Å²) in [7, 11) is 0. The average molecular weight is 200 g/mol. The molecule has 0 aromatic heterocycles. The van der Waals surface area contributed by atoms with Crippen LogP contribution < -0.4 is 5.73 Å². The lowest BCUT2D eigenvalue weighted by Gasteiger charge is -2.20. The van der Waals surface area contributed by atoms with Crippen LogP contribution in [0.5, 0.6) is 0 Å². The van der Waals surface area contributed by atoms with Crippen molar-refractivity contribution in [2.24, 2.45) is 16.8 Å². The lowest BCUT2D eigenvalue weighted by Crippen LogP contribution is -2.33. The third kappa shape index (κ3) is 3.18. The molecule has 1 saturated carbocycles. The monoisotopic (exact) mass is 200 g/mol. The molecule has 4 heteroatoms. The molecule has 1 rings (SSSR count). The first-order chi connectivity index (χ1) is 6.75. The first-order valence-electron chi connectivity index (χ1n) is 5.41. The van der Waals surface area contributed by atoms with E-state index < -0.39 is 6.10 Å². The molecule has 0 amide bonds. The second kappa shape index (κ2) is 5.86. The molecular formula is C10H20N2O2. The lowest BCUT2D eigenvalue weighted by atomic mass is 9.93. The minimum absolute atomic E-state index is 0.155. The van der Waals surface area contributed by atoms with Gasteiger partial charge in [0, 0.05) is 5.92 Å². The van der Waals surface area contributed by atoms with Crippen LogP contribution in [0.3, 0.4) is 0 Å². The minimum Gasteiger partial charge on any atom is -0.409 e. The highest BCUT2D eigenvalue weighted by molar-refractivity contribution is 5.82. The molecule has 0 spiro atoms. The fourth-order valence-electron chi connectivity index (χ4n) is 2.06. The Morgan fingerprint density at radius 2 is 1.64 bits per heavy atom. The number of aliphatic hydroxyl groups is 1. The highest BCUT2D eigenvalue weighted by Crippen LogP contribution is 2.22. The molecule has 0 aromatic carbocycles. The number of nitrogens with two attached hydrogens (primary N) is 1. The third-order valence-corrected chi connectivity index (χ3v) is 2.97. The molecule has 2 atom stereocenters. The summed E-state index contributed by atoms with van der Waals surface area (Å²) in [5, 5.41) is 21.4. The summed E-state index contributed by atoms with van der Waals surface area (Å²) >= 11 is 0. The maximum Gasteiger partial charge on any atom is 0.144 e. The highest BCUT2D eigenvalue weighted by atomic mass is 16.4. The quantitative estimate of drug-likeness (QED) is 0.259. The van der Waals surface area contributed by atoms with E-state index in [-0.39, 0.29) is 11.8 Å². The van der Waals surface area contributed by atoms with Crippen LogP contribution >= 0.6 is 0 Å². The standard InChI is InChI=1S/C10H20N2O2/c11-10(12-14)8-6-4-2-1-3-5-7-9(8)13/h8-9,13-14H,1-7H2,(H2,11,12). The number of hydrogen-bond donors (Lipinski definition) is 3. The van der Waals surface area contributed by atoms with Crippen LogP contribution in [0, 0.1) is 5.92 Å². The van der Waals surface area contributed by atoms with E-state index in [4.69, 9.17) is 10.9 Å². The largest absolute Gasteiger partial charge is 0.409 e. The molecule has 2 unspecified atom stereocenters. The van der Waals surface area contributed by atoms with E-state index in [1.807, 2.05) is 0 Å². The van der Waals surface area contributed by atoms with Crippen LogP contribution in [0.15, 0.2) is 5.16 Å². The summed E-state index contributed by atoms with van der Waals surface area (Å²) < 4.78 is 0. The summed E-state index contributed by atoms with van der Waals surface area (Å²) in [4.78, 5) is 0. The molecule has 1 fully saturated rings. The summed E-state index contributed by atoms with van der Waals surface area (Å²) in [6, 6.07) is 0. The van der Waals surface area contributed by atoms with Crippen molar-refractivity contribution < 1.29 is 10.3 Å². The van der Waals surface area contributed by atoms with Gasteiger partial charge >= 0.3 is 0 Å². The Kier molecular flexibility index (Phi) is 4.73. The van der Waals surface area contributed by atoms with E-state index >= 15 is 0 Å². The van der Waals surface area contributed by atoms with Gasteiger partial charge in [0.15, 0.2) is 0 Å². The van der Waals surface area contributed by atoms with Crippen LogP contribution in [-0.2, 0) is 0 Å². The van der Waals surface area contributed by atoms with Crippen molar-refractivity contribution >= 4 is 5.84 Å². The van der Waals surface area contributed by atoms with Crippen LogP contribution in [-0.4, -0.2) is 22.3 Å². The maximum atomic E-state index is 9.83.